The van der Waals surface area contributed by atoms with Crippen LogP contribution in [0.3, 0.4) is 0 Å². The number of carbonyl (C=O) groups excluding carboxylic acids is 1. The Labute approximate surface area is 166 Å². The molecular formula is C21H30N6O. The molecule has 1 unspecified atom stereocenters. The molecule has 0 bridgehead atoms. The van der Waals surface area contributed by atoms with Crippen molar-refractivity contribution in [3.05, 3.63) is 47.8 Å². The molecule has 0 radical (unpaired) electrons. The smallest absolute Gasteiger partial charge is 0.276 e. The van der Waals surface area contributed by atoms with Gasteiger partial charge in [-0.1, -0.05) is 35.5 Å². The first-order chi connectivity index (χ1) is 13.7. The molecule has 3 heterocycles. The molecule has 1 atom stereocenters. The molecule has 7 nitrogen and oxygen atoms in total. The number of aromatic nitrogens is 3. The number of hydrogen-bond donors (Lipinski definition) is 1. The lowest BCUT2D eigenvalue weighted by molar-refractivity contribution is 0.0755. The van der Waals surface area contributed by atoms with E-state index in [4.69, 9.17) is 0 Å². The van der Waals surface area contributed by atoms with Gasteiger partial charge in [0.15, 0.2) is 5.69 Å². The van der Waals surface area contributed by atoms with Crippen molar-refractivity contribution in [1.82, 2.24) is 30.1 Å². The molecular weight excluding hydrogens is 352 g/mol. The van der Waals surface area contributed by atoms with E-state index in [1.807, 2.05) is 21.8 Å². The van der Waals surface area contributed by atoms with E-state index in [0.717, 1.165) is 58.5 Å². The molecule has 0 aliphatic carbocycles. The molecule has 4 rings (SSSR count). The minimum Gasteiger partial charge on any atom is -0.336 e. The third-order valence-corrected chi connectivity index (χ3v) is 6.03. The van der Waals surface area contributed by atoms with Crippen molar-refractivity contribution < 1.29 is 4.79 Å². The molecule has 7 heteroatoms. The van der Waals surface area contributed by atoms with Gasteiger partial charge in [0.2, 0.25) is 0 Å². The standard InChI is InChI=1S/C21H30N6O/c1-17-9-12-25(13-14-26(17)15-18-5-3-2-4-6-18)21(28)20-16-27(24-23-20)19-7-10-22-11-8-19/h2-6,16-17,19,22H,7-15H2,1H3. The van der Waals surface area contributed by atoms with Gasteiger partial charge in [-0.2, -0.15) is 0 Å². The monoisotopic (exact) mass is 382 g/mol. The summed E-state index contributed by atoms with van der Waals surface area (Å²) in [6.07, 6.45) is 4.88. The molecule has 2 aliphatic heterocycles. The average Bonchev–Trinajstić information content (AvgIpc) is 3.17. The maximum atomic E-state index is 13.0. The number of carbonyl (C=O) groups is 1. The maximum absolute atomic E-state index is 13.0. The van der Waals surface area contributed by atoms with Crippen molar-refractivity contribution in [2.75, 3.05) is 32.7 Å². The fraction of sp³-hybridized carbons (Fsp3) is 0.571. The minimum absolute atomic E-state index is 0.00828. The first-order valence-electron chi connectivity index (χ1n) is 10.4. The highest BCUT2D eigenvalue weighted by atomic mass is 16.2. The highest BCUT2D eigenvalue weighted by Gasteiger charge is 2.26. The summed E-state index contributed by atoms with van der Waals surface area (Å²) in [5, 5.41) is 11.8. The van der Waals surface area contributed by atoms with E-state index in [1.54, 1.807) is 0 Å². The third-order valence-electron chi connectivity index (χ3n) is 6.03. The molecule has 2 fully saturated rings. The molecule has 2 aliphatic rings. The van der Waals surface area contributed by atoms with Crippen molar-refractivity contribution in [3.8, 4) is 0 Å². The number of piperidine rings is 1. The van der Waals surface area contributed by atoms with E-state index < -0.39 is 0 Å². The number of amides is 1. The zero-order valence-electron chi connectivity index (χ0n) is 16.6. The van der Waals surface area contributed by atoms with Gasteiger partial charge in [0.1, 0.15) is 0 Å². The van der Waals surface area contributed by atoms with Crippen LogP contribution < -0.4 is 5.32 Å². The van der Waals surface area contributed by atoms with Gasteiger partial charge in [0.25, 0.3) is 5.91 Å². The SMILES string of the molecule is CC1CCN(C(=O)c2cn(C3CCNCC3)nn2)CCN1Cc1ccccc1. The lowest BCUT2D eigenvalue weighted by atomic mass is 10.1. The Kier molecular flexibility index (Phi) is 6.02. The highest BCUT2D eigenvalue weighted by Crippen LogP contribution is 2.19. The topological polar surface area (TPSA) is 66.3 Å². The van der Waals surface area contributed by atoms with Gasteiger partial charge in [-0.25, -0.2) is 4.68 Å². The van der Waals surface area contributed by atoms with Crippen LogP contribution in [0.1, 0.15) is 48.3 Å². The van der Waals surface area contributed by atoms with Gasteiger partial charge < -0.3 is 10.2 Å². The lowest BCUT2D eigenvalue weighted by Crippen LogP contribution is -2.36. The third kappa shape index (κ3) is 4.42. The van der Waals surface area contributed by atoms with Crippen LogP contribution in [-0.4, -0.2) is 69.5 Å². The lowest BCUT2D eigenvalue weighted by Gasteiger charge is -2.26. The second-order valence-electron chi connectivity index (χ2n) is 7.95. The summed E-state index contributed by atoms with van der Waals surface area (Å²) in [6, 6.07) is 11.3. The van der Waals surface area contributed by atoms with E-state index in [1.165, 1.54) is 5.56 Å². The summed E-state index contributed by atoms with van der Waals surface area (Å²) in [5.41, 5.74) is 1.79. The molecule has 1 aromatic carbocycles. The van der Waals surface area contributed by atoms with Crippen LogP contribution in [0.2, 0.25) is 0 Å². The maximum Gasteiger partial charge on any atom is 0.276 e. The first kappa shape index (κ1) is 19.1. The molecule has 1 amide bonds. The molecule has 0 saturated carbocycles. The Morgan fingerprint density at radius 1 is 1.11 bits per heavy atom. The Bertz CT molecular complexity index is 770. The van der Waals surface area contributed by atoms with Gasteiger partial charge in [0.05, 0.1) is 12.2 Å². The molecule has 2 aromatic rings. The normalized spacial score (nSPS) is 22.2. The minimum atomic E-state index is 0.00828. The first-order valence-corrected chi connectivity index (χ1v) is 10.4. The summed E-state index contributed by atoms with van der Waals surface area (Å²) in [5.74, 6) is 0.00828. The van der Waals surface area contributed by atoms with Crippen molar-refractivity contribution >= 4 is 5.91 Å². The molecule has 2 saturated heterocycles. The van der Waals surface area contributed by atoms with Crippen LogP contribution >= 0.6 is 0 Å². The van der Waals surface area contributed by atoms with E-state index in [9.17, 15) is 4.79 Å². The highest BCUT2D eigenvalue weighted by molar-refractivity contribution is 5.91. The molecule has 28 heavy (non-hydrogen) atoms. The van der Waals surface area contributed by atoms with E-state index in [-0.39, 0.29) is 5.91 Å². The van der Waals surface area contributed by atoms with E-state index >= 15 is 0 Å². The van der Waals surface area contributed by atoms with Crippen LogP contribution in [0.15, 0.2) is 36.5 Å². The Balaban J connectivity index is 1.38. The molecule has 0 spiro atoms. The van der Waals surface area contributed by atoms with Crippen molar-refractivity contribution in [2.24, 2.45) is 0 Å². The predicted octanol–water partition coefficient (Wildman–Crippen LogP) is 1.94. The van der Waals surface area contributed by atoms with Gasteiger partial charge in [-0.3, -0.25) is 9.69 Å². The van der Waals surface area contributed by atoms with Gasteiger partial charge >= 0.3 is 0 Å². The van der Waals surface area contributed by atoms with Crippen LogP contribution in [0.5, 0.6) is 0 Å². The number of rotatable bonds is 4. The Morgan fingerprint density at radius 3 is 2.68 bits per heavy atom. The molecule has 1 N–H and O–H groups in total. The number of nitrogens with one attached hydrogen (secondary N) is 1. The summed E-state index contributed by atoms with van der Waals surface area (Å²) in [4.78, 5) is 17.4. The summed E-state index contributed by atoms with van der Waals surface area (Å²) in [6.45, 7) is 7.55. The van der Waals surface area contributed by atoms with Crippen LogP contribution in [0.25, 0.3) is 0 Å². The van der Waals surface area contributed by atoms with Crippen LogP contribution in [-0.2, 0) is 6.54 Å². The summed E-state index contributed by atoms with van der Waals surface area (Å²) >= 11 is 0. The fourth-order valence-electron chi connectivity index (χ4n) is 4.15. The van der Waals surface area contributed by atoms with E-state index in [2.05, 4.69) is 51.7 Å². The Morgan fingerprint density at radius 2 is 1.89 bits per heavy atom. The van der Waals surface area contributed by atoms with Crippen molar-refractivity contribution in [2.45, 2.75) is 44.8 Å². The molecule has 150 valence electrons. The second kappa shape index (κ2) is 8.84. The zero-order valence-corrected chi connectivity index (χ0v) is 16.6. The van der Waals surface area contributed by atoms with Gasteiger partial charge in [0, 0.05) is 32.2 Å². The van der Waals surface area contributed by atoms with Crippen molar-refractivity contribution in [1.29, 1.82) is 0 Å². The molecule has 1 aromatic heterocycles. The van der Waals surface area contributed by atoms with Gasteiger partial charge in [-0.05, 0) is 44.8 Å². The summed E-state index contributed by atoms with van der Waals surface area (Å²) in [7, 11) is 0. The Hall–Kier alpha value is -2.25. The van der Waals surface area contributed by atoms with Crippen molar-refractivity contribution in [3.63, 3.8) is 0 Å². The number of hydrogen-bond acceptors (Lipinski definition) is 5. The largest absolute Gasteiger partial charge is 0.336 e. The quantitative estimate of drug-likeness (QED) is 0.875. The second-order valence-corrected chi connectivity index (χ2v) is 7.95. The van der Waals surface area contributed by atoms with Gasteiger partial charge in [-0.15, -0.1) is 5.10 Å². The number of benzene rings is 1. The van der Waals surface area contributed by atoms with Crippen LogP contribution in [0, 0.1) is 0 Å². The average molecular weight is 383 g/mol. The summed E-state index contributed by atoms with van der Waals surface area (Å²) < 4.78 is 1.89. The zero-order chi connectivity index (χ0) is 19.3. The predicted molar refractivity (Wildman–Crippen MR) is 108 cm³/mol. The fourth-order valence-corrected chi connectivity index (χ4v) is 4.15. The number of nitrogens with zero attached hydrogens (tertiary/aromatic N) is 5. The van der Waals surface area contributed by atoms with E-state index in [0.29, 0.717) is 17.8 Å². The van der Waals surface area contributed by atoms with Crippen LogP contribution in [0.4, 0.5) is 0 Å².